The third kappa shape index (κ3) is 2.99. The lowest BCUT2D eigenvalue weighted by molar-refractivity contribution is 0.422. The molecule has 2 rings (SSSR count). The number of benzene rings is 2. The topological polar surface area (TPSA) is 12.0 Å². The van der Waals surface area contributed by atoms with Crippen molar-refractivity contribution in [2.75, 3.05) is 7.05 Å². The lowest BCUT2D eigenvalue weighted by atomic mass is 9.90. The fraction of sp³-hybridized carbons (Fsp3) is 0.294. The van der Waals surface area contributed by atoms with Crippen LogP contribution in [0.2, 0.25) is 0 Å². The first kappa shape index (κ1) is 12.8. The first-order valence-corrected chi connectivity index (χ1v) is 6.45. The zero-order valence-electron chi connectivity index (χ0n) is 11.4. The summed E-state index contributed by atoms with van der Waals surface area (Å²) in [6.45, 7) is 4.46. The number of hydrogen-bond acceptors (Lipinski definition) is 1. The molecule has 94 valence electrons. The molecule has 0 radical (unpaired) electrons. The molecule has 0 fully saturated rings. The summed E-state index contributed by atoms with van der Waals surface area (Å²) in [7, 11) is 2.02. The van der Waals surface area contributed by atoms with Crippen LogP contribution in [0.4, 0.5) is 0 Å². The van der Waals surface area contributed by atoms with E-state index < -0.39 is 0 Å². The molecular weight excluding hydrogens is 218 g/mol. The minimum atomic E-state index is 0.116. The van der Waals surface area contributed by atoms with Crippen LogP contribution in [-0.2, 0) is 6.42 Å². The molecule has 0 aromatic heterocycles. The van der Waals surface area contributed by atoms with Crippen molar-refractivity contribution in [3.63, 3.8) is 0 Å². The lowest BCUT2D eigenvalue weighted by Gasteiger charge is -2.25. The van der Waals surface area contributed by atoms with Gasteiger partial charge in [0.15, 0.2) is 0 Å². The molecule has 0 spiro atoms. The Morgan fingerprint density at radius 2 is 1.50 bits per heavy atom. The molecule has 0 aliphatic rings. The predicted molar refractivity (Wildman–Crippen MR) is 78.7 cm³/mol. The number of rotatable bonds is 4. The van der Waals surface area contributed by atoms with Crippen LogP contribution in [-0.4, -0.2) is 12.6 Å². The summed E-state index contributed by atoms with van der Waals surface area (Å²) in [6, 6.07) is 19.2. The van der Waals surface area contributed by atoms with E-state index in [0.717, 1.165) is 6.42 Å². The largest absolute Gasteiger partial charge is 0.314 e. The standard InChI is InChI=1S/C17H21N/c1-17(2,18-3)13-15-11-7-8-12-16(15)14-9-5-4-6-10-14/h4-12,18H,13H2,1-3H3. The summed E-state index contributed by atoms with van der Waals surface area (Å²) < 4.78 is 0. The highest BCUT2D eigenvalue weighted by atomic mass is 14.9. The van der Waals surface area contributed by atoms with Crippen molar-refractivity contribution >= 4 is 0 Å². The molecule has 2 aromatic rings. The number of nitrogens with one attached hydrogen (secondary N) is 1. The molecular formula is C17H21N. The Kier molecular flexibility index (Phi) is 3.83. The molecule has 0 unspecified atom stereocenters. The Balaban J connectivity index is 2.38. The van der Waals surface area contributed by atoms with E-state index in [4.69, 9.17) is 0 Å². The molecule has 0 amide bonds. The van der Waals surface area contributed by atoms with Gasteiger partial charge in [-0.3, -0.25) is 0 Å². The van der Waals surface area contributed by atoms with Gasteiger partial charge in [-0.05, 0) is 44.0 Å². The predicted octanol–water partition coefficient (Wildman–Crippen LogP) is 3.89. The van der Waals surface area contributed by atoms with Gasteiger partial charge >= 0.3 is 0 Å². The third-order valence-corrected chi connectivity index (χ3v) is 3.41. The zero-order chi connectivity index (χ0) is 13.0. The summed E-state index contributed by atoms with van der Waals surface area (Å²) in [6.07, 6.45) is 1.02. The molecule has 0 aliphatic heterocycles. The molecule has 0 atom stereocenters. The summed E-state index contributed by atoms with van der Waals surface area (Å²) in [5.41, 5.74) is 4.13. The van der Waals surface area contributed by atoms with Crippen LogP contribution in [0, 0.1) is 0 Å². The lowest BCUT2D eigenvalue weighted by Crippen LogP contribution is -2.38. The monoisotopic (exact) mass is 239 g/mol. The van der Waals surface area contributed by atoms with E-state index >= 15 is 0 Å². The van der Waals surface area contributed by atoms with Gasteiger partial charge in [0, 0.05) is 5.54 Å². The highest BCUT2D eigenvalue weighted by Gasteiger charge is 2.17. The maximum atomic E-state index is 3.37. The summed E-state index contributed by atoms with van der Waals surface area (Å²) in [5.74, 6) is 0. The van der Waals surface area contributed by atoms with Crippen LogP contribution in [0.25, 0.3) is 11.1 Å². The minimum absolute atomic E-state index is 0.116. The van der Waals surface area contributed by atoms with Crippen LogP contribution in [0.15, 0.2) is 54.6 Å². The Bertz CT molecular complexity index is 500. The third-order valence-electron chi connectivity index (χ3n) is 3.41. The molecule has 1 heteroatoms. The zero-order valence-corrected chi connectivity index (χ0v) is 11.4. The van der Waals surface area contributed by atoms with Gasteiger partial charge in [-0.15, -0.1) is 0 Å². The van der Waals surface area contributed by atoms with Crippen LogP contribution in [0.1, 0.15) is 19.4 Å². The number of hydrogen-bond donors (Lipinski definition) is 1. The van der Waals surface area contributed by atoms with Crippen molar-refractivity contribution in [1.82, 2.24) is 5.32 Å². The average molecular weight is 239 g/mol. The van der Waals surface area contributed by atoms with Crippen LogP contribution >= 0.6 is 0 Å². The molecule has 18 heavy (non-hydrogen) atoms. The van der Waals surface area contributed by atoms with Crippen LogP contribution in [0.3, 0.4) is 0 Å². The van der Waals surface area contributed by atoms with Crippen LogP contribution in [0.5, 0.6) is 0 Å². The fourth-order valence-electron chi connectivity index (χ4n) is 2.14. The van der Waals surface area contributed by atoms with Crippen molar-refractivity contribution in [3.05, 3.63) is 60.2 Å². The average Bonchev–Trinajstić information content (AvgIpc) is 2.40. The van der Waals surface area contributed by atoms with E-state index in [9.17, 15) is 0 Å². The Hall–Kier alpha value is -1.60. The molecule has 0 saturated heterocycles. The highest BCUT2D eigenvalue weighted by molar-refractivity contribution is 5.67. The Labute approximate surface area is 110 Å². The summed E-state index contributed by atoms with van der Waals surface area (Å²) in [5, 5.41) is 3.37. The van der Waals surface area contributed by atoms with Crippen LogP contribution < -0.4 is 5.32 Å². The normalized spacial score (nSPS) is 11.5. The molecule has 2 aromatic carbocycles. The van der Waals surface area contributed by atoms with Gasteiger partial charge in [0.2, 0.25) is 0 Å². The minimum Gasteiger partial charge on any atom is -0.314 e. The second kappa shape index (κ2) is 5.36. The first-order valence-electron chi connectivity index (χ1n) is 6.45. The van der Waals surface area contributed by atoms with Crippen molar-refractivity contribution in [2.24, 2.45) is 0 Å². The van der Waals surface area contributed by atoms with Gasteiger partial charge in [0.25, 0.3) is 0 Å². The highest BCUT2D eigenvalue weighted by Crippen LogP contribution is 2.26. The maximum Gasteiger partial charge on any atom is 0.0162 e. The van der Waals surface area contributed by atoms with E-state index in [2.05, 4.69) is 73.8 Å². The fourth-order valence-corrected chi connectivity index (χ4v) is 2.14. The van der Waals surface area contributed by atoms with Crippen molar-refractivity contribution in [3.8, 4) is 11.1 Å². The number of likely N-dealkylation sites (N-methyl/N-ethyl adjacent to an activating group) is 1. The second-order valence-electron chi connectivity index (χ2n) is 5.33. The molecule has 0 aliphatic carbocycles. The molecule has 1 N–H and O–H groups in total. The molecule has 0 saturated carbocycles. The van der Waals surface area contributed by atoms with E-state index in [0.29, 0.717) is 0 Å². The van der Waals surface area contributed by atoms with E-state index in [1.54, 1.807) is 0 Å². The van der Waals surface area contributed by atoms with E-state index in [-0.39, 0.29) is 5.54 Å². The summed E-state index contributed by atoms with van der Waals surface area (Å²) >= 11 is 0. The Morgan fingerprint density at radius 1 is 0.889 bits per heavy atom. The molecule has 1 nitrogen and oxygen atoms in total. The molecule has 0 heterocycles. The van der Waals surface area contributed by atoms with Crippen molar-refractivity contribution in [1.29, 1.82) is 0 Å². The first-order chi connectivity index (χ1) is 8.62. The Morgan fingerprint density at radius 3 is 2.17 bits per heavy atom. The second-order valence-corrected chi connectivity index (χ2v) is 5.33. The van der Waals surface area contributed by atoms with Gasteiger partial charge in [-0.25, -0.2) is 0 Å². The van der Waals surface area contributed by atoms with Gasteiger partial charge in [-0.1, -0.05) is 54.6 Å². The van der Waals surface area contributed by atoms with Gasteiger partial charge in [0.1, 0.15) is 0 Å². The van der Waals surface area contributed by atoms with Crippen molar-refractivity contribution < 1.29 is 0 Å². The quantitative estimate of drug-likeness (QED) is 0.853. The van der Waals surface area contributed by atoms with Crippen molar-refractivity contribution in [2.45, 2.75) is 25.8 Å². The van der Waals surface area contributed by atoms with E-state index in [1.165, 1.54) is 16.7 Å². The van der Waals surface area contributed by atoms with E-state index in [1.807, 2.05) is 7.05 Å². The smallest absolute Gasteiger partial charge is 0.0162 e. The van der Waals surface area contributed by atoms with Gasteiger partial charge in [0.05, 0.1) is 0 Å². The van der Waals surface area contributed by atoms with Gasteiger partial charge in [-0.2, -0.15) is 0 Å². The SMILES string of the molecule is CNC(C)(C)Cc1ccccc1-c1ccccc1. The summed E-state index contributed by atoms with van der Waals surface area (Å²) in [4.78, 5) is 0. The maximum absolute atomic E-state index is 3.37. The van der Waals surface area contributed by atoms with Gasteiger partial charge < -0.3 is 5.32 Å². The molecule has 0 bridgehead atoms.